The van der Waals surface area contributed by atoms with Gasteiger partial charge in [-0.1, -0.05) is 0 Å². The van der Waals surface area contributed by atoms with E-state index >= 15 is 0 Å². The van der Waals surface area contributed by atoms with Crippen LogP contribution in [0.5, 0.6) is 0 Å². The van der Waals surface area contributed by atoms with Crippen LogP contribution < -0.4 is 0 Å². The lowest BCUT2D eigenvalue weighted by Crippen LogP contribution is -2.18. The lowest BCUT2D eigenvalue weighted by molar-refractivity contribution is -0.116. The number of nitrogens with zero attached hydrogens (tertiary/aromatic N) is 2. The van der Waals surface area contributed by atoms with Gasteiger partial charge in [-0.05, 0) is 38.0 Å². The summed E-state index contributed by atoms with van der Waals surface area (Å²) >= 11 is 0.887. The Labute approximate surface area is 139 Å². The Morgan fingerprint density at radius 2 is 2.04 bits per heavy atom. The van der Waals surface area contributed by atoms with E-state index < -0.39 is 27.0 Å². The van der Waals surface area contributed by atoms with Crippen molar-refractivity contribution in [2.45, 2.75) is 37.1 Å². The van der Waals surface area contributed by atoms with Crippen molar-refractivity contribution in [3.63, 3.8) is 0 Å². The predicted octanol–water partition coefficient (Wildman–Crippen LogP) is 1.66. The van der Waals surface area contributed by atoms with Crippen molar-refractivity contribution in [2.24, 2.45) is 0 Å². The highest BCUT2D eigenvalue weighted by atomic mass is 32.2. The fourth-order valence-electron chi connectivity index (χ4n) is 1.92. The van der Waals surface area contributed by atoms with E-state index in [1.165, 1.54) is 6.20 Å². The summed E-state index contributed by atoms with van der Waals surface area (Å²) in [6.45, 7) is 4.92. The fraction of sp³-hybridized carbons (Fsp3) is 0.400. The molecule has 2 rings (SSSR count). The molecule has 0 bridgehead atoms. The van der Waals surface area contributed by atoms with Gasteiger partial charge >= 0.3 is 0 Å². The summed E-state index contributed by atoms with van der Waals surface area (Å²) < 4.78 is 24.4. The number of carbonyl (C=O) groups excluding carboxylic acids is 1. The van der Waals surface area contributed by atoms with Gasteiger partial charge in [0.1, 0.15) is 5.75 Å². The molecule has 0 atom stereocenters. The Morgan fingerprint density at radius 1 is 1.35 bits per heavy atom. The average molecular weight is 354 g/mol. The second-order valence-corrected chi connectivity index (χ2v) is 9.02. The minimum atomic E-state index is -3.80. The molecular formula is C15H18N2O4S2. The van der Waals surface area contributed by atoms with E-state index in [9.17, 15) is 18.3 Å². The van der Waals surface area contributed by atoms with Crippen molar-refractivity contribution >= 4 is 27.0 Å². The predicted molar refractivity (Wildman–Crippen MR) is 87.1 cm³/mol. The number of thiazole rings is 1. The van der Waals surface area contributed by atoms with Crippen LogP contribution in [0.2, 0.25) is 0 Å². The summed E-state index contributed by atoms with van der Waals surface area (Å²) in [6, 6.07) is 1.70. The molecule has 1 N–H and O–H groups in total. The fourth-order valence-corrected chi connectivity index (χ4v) is 4.39. The number of ketones is 1. The van der Waals surface area contributed by atoms with Crippen molar-refractivity contribution in [1.82, 2.24) is 9.97 Å². The van der Waals surface area contributed by atoms with Gasteiger partial charge in [0, 0.05) is 25.0 Å². The summed E-state index contributed by atoms with van der Waals surface area (Å²) in [5.41, 5.74) is 0.442. The second-order valence-electron chi connectivity index (χ2n) is 5.83. The second kappa shape index (κ2) is 6.46. The molecule has 0 fully saturated rings. The molecule has 2 aromatic heterocycles. The third-order valence-corrected chi connectivity index (χ3v) is 6.68. The van der Waals surface area contributed by atoms with Crippen molar-refractivity contribution in [2.75, 3.05) is 5.75 Å². The number of carbonyl (C=O) groups is 1. The molecule has 0 aliphatic rings. The van der Waals surface area contributed by atoms with Crippen LogP contribution in [0.3, 0.4) is 0 Å². The number of aromatic nitrogens is 2. The number of aliphatic hydroxyl groups is 1. The highest BCUT2D eigenvalue weighted by molar-refractivity contribution is 7.94. The SMILES string of the molecule is Cc1cnccc1CC(=O)CS(=O)(=O)c1ncc(C(C)(C)O)s1. The highest BCUT2D eigenvalue weighted by Gasteiger charge is 2.27. The van der Waals surface area contributed by atoms with E-state index in [1.54, 1.807) is 32.3 Å². The zero-order valence-corrected chi connectivity index (χ0v) is 14.7. The minimum absolute atomic E-state index is 0.0390. The van der Waals surface area contributed by atoms with Gasteiger partial charge in [0.05, 0.1) is 10.5 Å². The molecule has 0 radical (unpaired) electrons. The molecule has 0 unspecified atom stereocenters. The standard InChI is InChI=1S/C15H18N2O4S2/c1-10-7-16-5-4-11(10)6-12(18)9-23(20,21)14-17-8-13(22-14)15(2,3)19/h4-5,7-8,19H,6,9H2,1-3H3. The Kier molecular flexibility index (Phi) is 4.98. The number of hydrogen-bond donors (Lipinski definition) is 1. The molecule has 2 aromatic rings. The summed E-state index contributed by atoms with van der Waals surface area (Å²) in [5, 5.41) is 9.88. The molecule has 124 valence electrons. The molecule has 6 nitrogen and oxygen atoms in total. The van der Waals surface area contributed by atoms with Crippen LogP contribution in [0.15, 0.2) is 29.0 Å². The maximum Gasteiger partial charge on any atom is 0.212 e. The maximum atomic E-state index is 12.3. The Hall–Kier alpha value is -1.64. The van der Waals surface area contributed by atoms with Gasteiger partial charge in [-0.2, -0.15) is 0 Å². The van der Waals surface area contributed by atoms with Gasteiger partial charge in [-0.25, -0.2) is 13.4 Å². The molecule has 0 aromatic carbocycles. The van der Waals surface area contributed by atoms with Crippen LogP contribution in [-0.4, -0.2) is 35.0 Å². The van der Waals surface area contributed by atoms with Gasteiger partial charge in [0.15, 0.2) is 5.78 Å². The molecule has 2 heterocycles. The number of sulfone groups is 1. The largest absolute Gasteiger partial charge is 0.385 e. The van der Waals surface area contributed by atoms with E-state index in [0.29, 0.717) is 4.88 Å². The zero-order chi connectivity index (χ0) is 17.3. The van der Waals surface area contributed by atoms with Crippen molar-refractivity contribution in [1.29, 1.82) is 0 Å². The first-order valence-corrected chi connectivity index (χ1v) is 9.39. The van der Waals surface area contributed by atoms with Gasteiger partial charge in [-0.3, -0.25) is 9.78 Å². The summed E-state index contributed by atoms with van der Waals surface area (Å²) in [7, 11) is -3.80. The quantitative estimate of drug-likeness (QED) is 0.847. The maximum absolute atomic E-state index is 12.3. The highest BCUT2D eigenvalue weighted by Crippen LogP contribution is 2.28. The van der Waals surface area contributed by atoms with E-state index in [1.807, 2.05) is 6.92 Å². The van der Waals surface area contributed by atoms with Crippen molar-refractivity contribution < 1.29 is 18.3 Å². The van der Waals surface area contributed by atoms with Crippen molar-refractivity contribution in [3.8, 4) is 0 Å². The van der Waals surface area contributed by atoms with Gasteiger partial charge in [0.2, 0.25) is 14.2 Å². The number of hydrogen-bond acceptors (Lipinski definition) is 7. The number of rotatable bonds is 6. The molecular weight excluding hydrogens is 336 g/mol. The molecule has 23 heavy (non-hydrogen) atoms. The van der Waals surface area contributed by atoms with Gasteiger partial charge in [0.25, 0.3) is 0 Å². The van der Waals surface area contributed by atoms with Crippen LogP contribution in [0.25, 0.3) is 0 Å². The van der Waals surface area contributed by atoms with Crippen molar-refractivity contribution in [3.05, 3.63) is 40.7 Å². The number of Topliss-reactive ketones (excluding diaryl/α,β-unsaturated/α-hetero) is 1. The first-order chi connectivity index (χ1) is 10.6. The summed E-state index contributed by atoms with van der Waals surface area (Å²) in [4.78, 5) is 20.3. The third-order valence-electron chi connectivity index (χ3n) is 3.23. The smallest absolute Gasteiger partial charge is 0.212 e. The van der Waals surface area contributed by atoms with Crippen LogP contribution in [-0.2, 0) is 26.7 Å². The normalized spacial score (nSPS) is 12.3. The lowest BCUT2D eigenvalue weighted by Gasteiger charge is -2.13. The van der Waals surface area contributed by atoms with Crippen LogP contribution in [0.1, 0.15) is 29.9 Å². The molecule has 0 amide bonds. The number of pyridine rings is 1. The molecule has 0 saturated heterocycles. The third kappa shape index (κ3) is 4.43. The molecule has 0 aliphatic carbocycles. The van der Waals surface area contributed by atoms with E-state index in [2.05, 4.69) is 9.97 Å². The van der Waals surface area contributed by atoms with E-state index in [4.69, 9.17) is 0 Å². The lowest BCUT2D eigenvalue weighted by atomic mass is 10.1. The van der Waals surface area contributed by atoms with Crippen LogP contribution in [0, 0.1) is 6.92 Å². The first kappa shape index (κ1) is 17.7. The molecule has 0 saturated carbocycles. The summed E-state index contributed by atoms with van der Waals surface area (Å²) in [6.07, 6.45) is 4.57. The minimum Gasteiger partial charge on any atom is -0.385 e. The average Bonchev–Trinajstić information content (AvgIpc) is 2.91. The summed E-state index contributed by atoms with van der Waals surface area (Å²) in [5.74, 6) is -1.01. The first-order valence-electron chi connectivity index (χ1n) is 6.92. The Morgan fingerprint density at radius 3 is 2.61 bits per heavy atom. The van der Waals surface area contributed by atoms with Crippen LogP contribution >= 0.6 is 11.3 Å². The van der Waals surface area contributed by atoms with Crippen LogP contribution in [0.4, 0.5) is 0 Å². The topological polar surface area (TPSA) is 97.2 Å². The van der Waals surface area contributed by atoms with E-state index in [0.717, 1.165) is 22.5 Å². The van der Waals surface area contributed by atoms with Gasteiger partial charge < -0.3 is 5.11 Å². The zero-order valence-electron chi connectivity index (χ0n) is 13.1. The van der Waals surface area contributed by atoms with E-state index in [-0.39, 0.29) is 10.8 Å². The van der Waals surface area contributed by atoms with Gasteiger partial charge in [-0.15, -0.1) is 11.3 Å². The Balaban J connectivity index is 2.13. The Bertz CT molecular complexity index is 820. The number of aryl methyl sites for hydroxylation is 1. The molecule has 0 aliphatic heterocycles. The molecule has 0 spiro atoms. The molecule has 8 heteroatoms. The monoisotopic (exact) mass is 354 g/mol.